The van der Waals surface area contributed by atoms with Crippen LogP contribution in [0.2, 0.25) is 5.02 Å². The number of likely N-dealkylation sites (N-methyl/N-ethyl adjacent to an activating group) is 1. The molecule has 1 aliphatic rings. The summed E-state index contributed by atoms with van der Waals surface area (Å²) in [7, 11) is 1.98. The third-order valence-electron chi connectivity index (χ3n) is 3.24. The minimum atomic E-state index is -0.890. The molecule has 0 bridgehead atoms. The van der Waals surface area contributed by atoms with Crippen molar-refractivity contribution in [2.75, 3.05) is 33.2 Å². The van der Waals surface area contributed by atoms with Crippen molar-refractivity contribution in [3.8, 4) is 0 Å². The molecule has 0 atom stereocenters. The van der Waals surface area contributed by atoms with E-state index in [1.54, 1.807) is 18.3 Å². The number of rotatable bonds is 1. The molecule has 1 aromatic heterocycles. The molecule has 0 saturated carbocycles. The van der Waals surface area contributed by atoms with Gasteiger partial charge < -0.3 is 5.11 Å². The van der Waals surface area contributed by atoms with Gasteiger partial charge >= 0.3 is 6.09 Å². The lowest BCUT2D eigenvalue weighted by molar-refractivity contribution is 0.114. The highest BCUT2D eigenvalue weighted by atomic mass is 35.5. The molecular weight excluding hydrogens is 242 g/mol. The molecule has 0 aromatic carbocycles. The van der Waals surface area contributed by atoms with E-state index in [4.69, 9.17) is 11.6 Å². The Balaban J connectivity index is 2.42. The highest BCUT2D eigenvalue weighted by molar-refractivity contribution is 6.33. The fourth-order valence-electron chi connectivity index (χ4n) is 2.09. The number of amides is 1. The topological polar surface area (TPSA) is 53.4 Å². The fourth-order valence-corrected chi connectivity index (χ4v) is 2.38. The molecule has 92 valence electrons. The second kappa shape index (κ2) is 4.60. The highest BCUT2D eigenvalue weighted by Crippen LogP contribution is 2.30. The molecule has 2 heterocycles. The highest BCUT2D eigenvalue weighted by Gasteiger charge is 2.44. The van der Waals surface area contributed by atoms with E-state index in [1.165, 1.54) is 0 Å². The van der Waals surface area contributed by atoms with Gasteiger partial charge in [-0.1, -0.05) is 11.6 Å². The van der Waals surface area contributed by atoms with Gasteiger partial charge in [-0.3, -0.25) is 4.90 Å². The second-order valence-corrected chi connectivity index (χ2v) is 4.72. The van der Waals surface area contributed by atoms with Crippen molar-refractivity contribution in [3.63, 3.8) is 0 Å². The van der Waals surface area contributed by atoms with Crippen LogP contribution in [0, 0.1) is 0 Å². The van der Waals surface area contributed by atoms with Crippen LogP contribution in [0.25, 0.3) is 0 Å². The number of aromatic nitrogens is 1. The Morgan fingerprint density at radius 1 is 1.53 bits per heavy atom. The first-order chi connectivity index (χ1) is 8.06. The number of quaternary nitrogens is 1. The Labute approximate surface area is 105 Å². The lowest BCUT2D eigenvalue weighted by Gasteiger charge is -2.37. The van der Waals surface area contributed by atoms with Crippen LogP contribution in [0.4, 0.5) is 10.6 Å². The van der Waals surface area contributed by atoms with Gasteiger partial charge in [0.15, 0.2) is 0 Å². The first-order valence-electron chi connectivity index (χ1n) is 5.46. The first kappa shape index (κ1) is 12.3. The van der Waals surface area contributed by atoms with Crippen molar-refractivity contribution in [1.82, 2.24) is 14.4 Å². The van der Waals surface area contributed by atoms with Crippen LogP contribution in [0.5, 0.6) is 0 Å². The molecule has 1 N–H and O–H groups in total. The molecule has 0 unspecified atom stereocenters. The zero-order valence-corrected chi connectivity index (χ0v) is 10.4. The van der Waals surface area contributed by atoms with Crippen LogP contribution < -0.4 is 4.48 Å². The molecule has 5 nitrogen and oxygen atoms in total. The lowest BCUT2D eigenvalue weighted by Crippen LogP contribution is -2.63. The van der Waals surface area contributed by atoms with Crippen molar-refractivity contribution in [2.24, 2.45) is 0 Å². The number of pyridine rings is 1. The Morgan fingerprint density at radius 3 is 2.71 bits per heavy atom. The summed E-state index contributed by atoms with van der Waals surface area (Å²) in [5.41, 5.74) is 0. The zero-order chi connectivity index (χ0) is 12.5. The number of halogens is 1. The molecule has 2 rings (SSSR count). The average Bonchev–Trinajstić information content (AvgIpc) is 2.31. The van der Waals surface area contributed by atoms with Crippen molar-refractivity contribution in [2.45, 2.75) is 0 Å². The summed E-state index contributed by atoms with van der Waals surface area (Å²) in [6.45, 7) is 2.42. The molecule has 0 radical (unpaired) electrons. The quantitative estimate of drug-likeness (QED) is 0.777. The van der Waals surface area contributed by atoms with Crippen LogP contribution >= 0.6 is 11.6 Å². The number of carbonyl (C=O) groups is 1. The number of carboxylic acid groups (broad SMARTS) is 1. The summed E-state index contributed by atoms with van der Waals surface area (Å²) >= 11 is 6.07. The Kier molecular flexibility index (Phi) is 3.33. The summed E-state index contributed by atoms with van der Waals surface area (Å²) < 4.78 is -0.177. The number of nitrogens with zero attached hydrogens (tertiary/aromatic N) is 3. The molecule has 17 heavy (non-hydrogen) atoms. The van der Waals surface area contributed by atoms with E-state index in [2.05, 4.69) is 9.88 Å². The molecular formula is C11H15ClN3O2+. The fraction of sp³-hybridized carbons (Fsp3) is 0.455. The molecule has 1 fully saturated rings. The number of piperazine rings is 1. The molecule has 0 spiro atoms. The van der Waals surface area contributed by atoms with Gasteiger partial charge in [-0.25, -0.2) is 4.98 Å². The molecule has 1 aromatic rings. The third kappa shape index (κ3) is 2.13. The Bertz CT molecular complexity index is 430. The van der Waals surface area contributed by atoms with E-state index < -0.39 is 6.09 Å². The van der Waals surface area contributed by atoms with Crippen molar-refractivity contribution in [1.29, 1.82) is 0 Å². The van der Waals surface area contributed by atoms with Gasteiger partial charge in [0.25, 0.3) is 5.82 Å². The maximum Gasteiger partial charge on any atom is 0.520 e. The minimum Gasteiger partial charge on any atom is -0.435 e. The van der Waals surface area contributed by atoms with Gasteiger partial charge in [0.1, 0.15) is 18.1 Å². The summed E-state index contributed by atoms with van der Waals surface area (Å²) in [5, 5.41) is 9.92. The van der Waals surface area contributed by atoms with Crippen molar-refractivity contribution < 1.29 is 9.90 Å². The maximum absolute atomic E-state index is 11.6. The smallest absolute Gasteiger partial charge is 0.435 e. The Hall–Kier alpha value is -1.17. The summed E-state index contributed by atoms with van der Waals surface area (Å²) in [4.78, 5) is 17.9. The molecule has 1 amide bonds. The van der Waals surface area contributed by atoms with E-state index >= 15 is 0 Å². The summed E-state index contributed by atoms with van der Waals surface area (Å²) in [5.74, 6) is 0.440. The van der Waals surface area contributed by atoms with E-state index in [-0.39, 0.29) is 4.48 Å². The normalized spacial score (nSPS) is 20.1. The molecule has 6 heteroatoms. The first-order valence-corrected chi connectivity index (χ1v) is 5.84. The predicted molar refractivity (Wildman–Crippen MR) is 66.3 cm³/mol. The van der Waals surface area contributed by atoms with E-state index in [1.807, 2.05) is 7.05 Å². The van der Waals surface area contributed by atoms with Gasteiger partial charge in [-0.15, -0.1) is 0 Å². The van der Waals surface area contributed by atoms with Crippen LogP contribution in [0.3, 0.4) is 0 Å². The van der Waals surface area contributed by atoms with Gasteiger partial charge in [0.05, 0.1) is 0 Å². The van der Waals surface area contributed by atoms with Crippen LogP contribution in [0.1, 0.15) is 0 Å². The third-order valence-corrected chi connectivity index (χ3v) is 3.53. The maximum atomic E-state index is 11.6. The zero-order valence-electron chi connectivity index (χ0n) is 9.64. The van der Waals surface area contributed by atoms with Crippen molar-refractivity contribution in [3.05, 3.63) is 23.4 Å². The van der Waals surface area contributed by atoms with Gasteiger partial charge in [0, 0.05) is 19.3 Å². The van der Waals surface area contributed by atoms with Gasteiger partial charge in [-0.2, -0.15) is 9.28 Å². The summed E-state index contributed by atoms with van der Waals surface area (Å²) in [6.07, 6.45) is 0.696. The largest absolute Gasteiger partial charge is 0.520 e. The van der Waals surface area contributed by atoms with E-state index in [0.717, 1.165) is 13.1 Å². The number of hydrogen-bond donors (Lipinski definition) is 1. The second-order valence-electron chi connectivity index (χ2n) is 4.31. The van der Waals surface area contributed by atoms with Crippen LogP contribution in [-0.4, -0.2) is 54.3 Å². The lowest BCUT2D eigenvalue weighted by atomic mass is 10.2. The SMILES string of the molecule is CN1CC[N+](C(=O)O)(c2ncccc2Cl)CC1. The van der Waals surface area contributed by atoms with E-state index in [9.17, 15) is 9.90 Å². The van der Waals surface area contributed by atoms with Crippen LogP contribution in [0.15, 0.2) is 18.3 Å². The minimum absolute atomic E-state index is 0.177. The number of hydrogen-bond acceptors (Lipinski definition) is 3. The van der Waals surface area contributed by atoms with Gasteiger partial charge in [-0.05, 0) is 19.2 Å². The summed E-state index contributed by atoms with van der Waals surface area (Å²) in [6, 6.07) is 3.39. The molecule has 1 saturated heterocycles. The van der Waals surface area contributed by atoms with E-state index in [0.29, 0.717) is 23.9 Å². The monoisotopic (exact) mass is 256 g/mol. The predicted octanol–water partition coefficient (Wildman–Crippen LogP) is 1.67. The standard InChI is InChI=1S/C11H14ClN3O2/c1-14-5-7-15(8-6-14,11(16)17)10-9(12)3-2-4-13-10/h2-4H,5-8H2,1H3/p+1. The molecule has 1 aliphatic heterocycles. The van der Waals surface area contributed by atoms with Crippen LogP contribution in [-0.2, 0) is 0 Å². The Morgan fingerprint density at radius 2 is 2.18 bits per heavy atom. The molecule has 0 aliphatic carbocycles. The van der Waals surface area contributed by atoms with Crippen molar-refractivity contribution >= 4 is 23.5 Å². The average molecular weight is 257 g/mol. The van der Waals surface area contributed by atoms with Gasteiger partial charge in [0.2, 0.25) is 0 Å².